The van der Waals surface area contributed by atoms with Crippen LogP contribution in [0.4, 0.5) is 5.82 Å². The second-order valence-corrected chi connectivity index (χ2v) is 12.2. The van der Waals surface area contributed by atoms with E-state index in [9.17, 15) is 0 Å². The summed E-state index contributed by atoms with van der Waals surface area (Å²) in [7, 11) is 2.09. The van der Waals surface area contributed by atoms with E-state index in [0.717, 1.165) is 46.3 Å². The zero-order valence-corrected chi connectivity index (χ0v) is 18.9. The van der Waals surface area contributed by atoms with Gasteiger partial charge >= 0.3 is 0 Å². The number of thiophene rings is 1. The molecule has 0 saturated carbocycles. The van der Waals surface area contributed by atoms with Crippen molar-refractivity contribution in [3.8, 4) is 5.69 Å². The van der Waals surface area contributed by atoms with Gasteiger partial charge in [0, 0.05) is 20.1 Å². The van der Waals surface area contributed by atoms with E-state index in [2.05, 4.69) is 53.0 Å². The Morgan fingerprint density at radius 1 is 1.10 bits per heavy atom. The van der Waals surface area contributed by atoms with Gasteiger partial charge in [-0.15, -0.1) is 11.3 Å². The minimum atomic E-state index is -2.29. The lowest BCUT2D eigenvalue weighted by Crippen LogP contribution is -2.45. The third kappa shape index (κ3) is 3.02. The van der Waals surface area contributed by atoms with Crippen molar-refractivity contribution >= 4 is 46.4 Å². The van der Waals surface area contributed by atoms with Gasteiger partial charge in [0.15, 0.2) is 11.7 Å². The van der Waals surface area contributed by atoms with E-state index in [1.807, 2.05) is 22.9 Å². The first kappa shape index (κ1) is 19.2. The molecule has 0 aliphatic carbocycles. The summed E-state index contributed by atoms with van der Waals surface area (Å²) in [5.74, 6) is 1.80. The second kappa shape index (κ2) is 7.45. The van der Waals surface area contributed by atoms with Crippen LogP contribution in [0.25, 0.3) is 5.69 Å². The number of nitrogens with zero attached hydrogens (tertiary/aromatic N) is 5. The van der Waals surface area contributed by atoms with Crippen LogP contribution in [-0.2, 0) is 16.5 Å². The summed E-state index contributed by atoms with van der Waals surface area (Å²) >= 11 is 8.22. The Morgan fingerprint density at radius 3 is 2.55 bits per heavy atom. The Morgan fingerprint density at radius 2 is 1.86 bits per heavy atom. The molecule has 1 atom stereocenters. The molecule has 0 bridgehead atoms. The molecular formula is C20H22N5OPS2. The minimum absolute atomic E-state index is 0.707. The number of ether oxygens (including phenoxy) is 1. The van der Waals surface area contributed by atoms with Crippen molar-refractivity contribution in [1.29, 1.82) is 0 Å². The highest BCUT2D eigenvalue weighted by Crippen LogP contribution is 2.57. The molecule has 1 fully saturated rings. The van der Waals surface area contributed by atoms with Crippen molar-refractivity contribution in [1.82, 2.24) is 19.1 Å². The molecule has 2 aromatic heterocycles. The van der Waals surface area contributed by atoms with Crippen LogP contribution in [0.15, 0.2) is 52.8 Å². The third-order valence-corrected chi connectivity index (χ3v) is 11.5. The molecule has 1 unspecified atom stereocenters. The maximum Gasteiger partial charge on any atom is 0.169 e. The number of hydrogen-bond donors (Lipinski definition) is 0. The van der Waals surface area contributed by atoms with Crippen LogP contribution in [0.1, 0.15) is 10.6 Å². The zero-order valence-electron chi connectivity index (χ0n) is 16.4. The molecule has 0 spiro atoms. The molecule has 0 N–H and O–H groups in total. The molecule has 0 amide bonds. The van der Waals surface area contributed by atoms with Crippen molar-refractivity contribution in [2.75, 3.05) is 33.4 Å². The molecular weight excluding hydrogens is 421 g/mol. The summed E-state index contributed by atoms with van der Waals surface area (Å²) in [6.07, 6.45) is -2.29. The van der Waals surface area contributed by atoms with E-state index < -0.39 is 6.34 Å². The van der Waals surface area contributed by atoms with Gasteiger partial charge in [-0.1, -0.05) is 36.1 Å². The smallest absolute Gasteiger partial charge is 0.169 e. The summed E-state index contributed by atoms with van der Waals surface area (Å²) < 4.78 is 12.2. The highest BCUT2D eigenvalue weighted by atomic mass is 32.4. The first-order valence-electron chi connectivity index (χ1n) is 9.56. The van der Waals surface area contributed by atoms with E-state index in [4.69, 9.17) is 26.6 Å². The third-order valence-electron chi connectivity index (χ3n) is 5.33. The van der Waals surface area contributed by atoms with Crippen molar-refractivity contribution in [3.05, 3.63) is 58.4 Å². The van der Waals surface area contributed by atoms with Crippen LogP contribution in [0.3, 0.4) is 0 Å². The van der Waals surface area contributed by atoms with E-state index in [1.54, 1.807) is 11.3 Å². The summed E-state index contributed by atoms with van der Waals surface area (Å²) in [5.41, 5.74) is 1.96. The molecule has 5 rings (SSSR count). The van der Waals surface area contributed by atoms with Crippen LogP contribution in [0, 0.1) is 6.92 Å². The Hall–Kier alpha value is -1.83. The number of hydrogen-bond acceptors (Lipinski definition) is 5. The number of aromatic nitrogens is 2. The van der Waals surface area contributed by atoms with Gasteiger partial charge in [0.1, 0.15) is 6.34 Å². The first-order chi connectivity index (χ1) is 14.1. The quantitative estimate of drug-likeness (QED) is 0.580. The Bertz CT molecular complexity index is 1100. The van der Waals surface area contributed by atoms with Gasteiger partial charge < -0.3 is 9.41 Å². The topological polar surface area (TPSA) is 45.9 Å². The fourth-order valence-electron chi connectivity index (χ4n) is 3.92. The Kier molecular flexibility index (Phi) is 4.92. The number of morpholine rings is 1. The summed E-state index contributed by atoms with van der Waals surface area (Å²) in [5, 5.41) is 8.07. The number of benzene rings is 1. The highest BCUT2D eigenvalue weighted by molar-refractivity contribution is 8.16. The summed E-state index contributed by atoms with van der Waals surface area (Å²) in [6.45, 7) is 5.13. The molecule has 1 saturated heterocycles. The fourth-order valence-corrected chi connectivity index (χ4v) is 9.05. The number of aliphatic imine (C=N–C) groups is 1. The van der Waals surface area contributed by atoms with Gasteiger partial charge in [0.2, 0.25) is 0 Å². The predicted octanol–water partition coefficient (Wildman–Crippen LogP) is 3.53. The van der Waals surface area contributed by atoms with E-state index in [0.29, 0.717) is 13.2 Å². The van der Waals surface area contributed by atoms with Crippen molar-refractivity contribution in [3.63, 3.8) is 0 Å². The van der Waals surface area contributed by atoms with Gasteiger partial charge in [-0.2, -0.15) is 5.10 Å². The largest absolute Gasteiger partial charge is 0.379 e. The Labute approximate surface area is 179 Å². The molecule has 1 aromatic carbocycles. The van der Waals surface area contributed by atoms with Crippen LogP contribution in [-0.4, -0.2) is 58.3 Å². The molecule has 2 aliphatic heterocycles. The fraction of sp³-hybridized carbons (Fsp3) is 0.300. The molecule has 29 heavy (non-hydrogen) atoms. The lowest BCUT2D eigenvalue weighted by atomic mass is 10.3. The van der Waals surface area contributed by atoms with Crippen molar-refractivity contribution in [2.24, 2.45) is 4.99 Å². The average molecular weight is 444 g/mol. The Balaban J connectivity index is 1.77. The lowest BCUT2D eigenvalue weighted by Gasteiger charge is -2.45. The van der Waals surface area contributed by atoms with Crippen LogP contribution in [0.5, 0.6) is 0 Å². The maximum absolute atomic E-state index is 6.53. The highest BCUT2D eigenvalue weighted by Gasteiger charge is 2.43. The SMILES string of the molecule is Cc1nn(-c2ccccc2)c2c1P(=S)(N1CCOCC1)N(C)C(c1cccs1)=N2. The minimum Gasteiger partial charge on any atom is -0.379 e. The molecule has 9 heteroatoms. The maximum atomic E-state index is 6.53. The average Bonchev–Trinajstić information content (AvgIpc) is 3.40. The van der Waals surface area contributed by atoms with Gasteiger partial charge in [-0.25, -0.2) is 9.67 Å². The standard InChI is InChI=1S/C20H22N5OPS2/c1-15-18-20(25(22-15)16-7-4-3-5-8-16)21-19(17-9-6-14-29-17)23(2)27(18,28)24-10-12-26-13-11-24/h3-9,14H,10-13H2,1-2H3. The molecule has 150 valence electrons. The second-order valence-electron chi connectivity index (χ2n) is 7.05. The molecule has 4 heterocycles. The van der Waals surface area contributed by atoms with E-state index in [1.165, 1.54) is 0 Å². The van der Waals surface area contributed by atoms with Crippen LogP contribution in [0.2, 0.25) is 0 Å². The summed E-state index contributed by atoms with van der Waals surface area (Å²) in [6, 6.07) is 14.3. The van der Waals surface area contributed by atoms with Crippen molar-refractivity contribution in [2.45, 2.75) is 6.92 Å². The molecule has 0 radical (unpaired) electrons. The van der Waals surface area contributed by atoms with Crippen LogP contribution < -0.4 is 5.30 Å². The van der Waals surface area contributed by atoms with Gasteiger partial charge in [0.05, 0.1) is 34.8 Å². The molecule has 2 aliphatic rings. The van der Waals surface area contributed by atoms with Gasteiger partial charge in [0.25, 0.3) is 0 Å². The number of amidine groups is 1. The lowest BCUT2D eigenvalue weighted by molar-refractivity contribution is 0.0738. The number of rotatable bonds is 3. The number of aryl methyl sites for hydroxylation is 1. The molecule has 6 nitrogen and oxygen atoms in total. The van der Waals surface area contributed by atoms with Crippen molar-refractivity contribution < 1.29 is 4.74 Å². The van der Waals surface area contributed by atoms with E-state index >= 15 is 0 Å². The number of fused-ring (bicyclic) bond motifs is 1. The van der Waals surface area contributed by atoms with Crippen LogP contribution >= 0.6 is 17.7 Å². The zero-order chi connectivity index (χ0) is 20.0. The normalized spacial score (nSPS) is 22.4. The van der Waals surface area contributed by atoms with Gasteiger partial charge in [-0.3, -0.25) is 4.67 Å². The summed E-state index contributed by atoms with van der Waals surface area (Å²) in [4.78, 5) is 6.24. The predicted molar refractivity (Wildman–Crippen MR) is 123 cm³/mol. The first-order valence-corrected chi connectivity index (χ1v) is 13.1. The molecule has 3 aromatic rings. The van der Waals surface area contributed by atoms with Gasteiger partial charge in [-0.05, 0) is 30.5 Å². The number of para-hydroxylation sites is 1. The monoisotopic (exact) mass is 443 g/mol. The van der Waals surface area contributed by atoms with E-state index in [-0.39, 0.29) is 0 Å².